The fourth-order valence-electron chi connectivity index (χ4n) is 2.17. The van der Waals surface area contributed by atoms with Gasteiger partial charge in [0.1, 0.15) is 17.3 Å². The van der Waals surface area contributed by atoms with E-state index in [1.165, 1.54) is 6.07 Å². The van der Waals surface area contributed by atoms with Crippen molar-refractivity contribution in [2.24, 2.45) is 5.73 Å². The van der Waals surface area contributed by atoms with Crippen LogP contribution in [0.3, 0.4) is 0 Å². The van der Waals surface area contributed by atoms with Crippen LogP contribution in [0.2, 0.25) is 0 Å². The van der Waals surface area contributed by atoms with Crippen molar-refractivity contribution in [3.63, 3.8) is 0 Å². The Morgan fingerprint density at radius 3 is 2.70 bits per heavy atom. The predicted molar refractivity (Wildman–Crippen MR) is 67.9 cm³/mol. The van der Waals surface area contributed by atoms with Gasteiger partial charge in [-0.15, -0.1) is 0 Å². The van der Waals surface area contributed by atoms with Crippen molar-refractivity contribution in [3.8, 4) is 0 Å². The zero-order valence-electron chi connectivity index (χ0n) is 10.9. The van der Waals surface area contributed by atoms with E-state index in [1.54, 1.807) is 12.0 Å². The van der Waals surface area contributed by atoms with E-state index in [-0.39, 0.29) is 23.3 Å². The molecule has 1 atom stereocenters. The first-order valence-electron chi connectivity index (χ1n) is 6.03. The number of rotatable bonds is 3. The Labute approximate surface area is 114 Å². The number of nitrogens with one attached hydrogen (secondary N) is 1. The van der Waals surface area contributed by atoms with Crippen molar-refractivity contribution in [1.82, 2.24) is 4.98 Å². The number of nitrogen functional groups attached to an aromatic ring is 1. The first-order valence-corrected chi connectivity index (χ1v) is 6.03. The van der Waals surface area contributed by atoms with E-state index in [9.17, 15) is 13.2 Å². The van der Waals surface area contributed by atoms with Crippen LogP contribution in [0.1, 0.15) is 17.7 Å². The van der Waals surface area contributed by atoms with Crippen LogP contribution in [0.25, 0.3) is 0 Å². The number of amidine groups is 1. The highest BCUT2D eigenvalue weighted by molar-refractivity contribution is 5.99. The SMILES string of the molecule is COC1CCN(c2nc(C(F)(F)F)ccc2C(=N)N)C1. The third-order valence-corrected chi connectivity index (χ3v) is 3.23. The van der Waals surface area contributed by atoms with Crippen LogP contribution in [-0.2, 0) is 10.9 Å². The largest absolute Gasteiger partial charge is 0.433 e. The summed E-state index contributed by atoms with van der Waals surface area (Å²) in [6.07, 6.45) is -3.87. The van der Waals surface area contributed by atoms with Gasteiger partial charge >= 0.3 is 6.18 Å². The smallest absolute Gasteiger partial charge is 0.384 e. The summed E-state index contributed by atoms with van der Waals surface area (Å²) in [5.41, 5.74) is 4.63. The van der Waals surface area contributed by atoms with Crippen LogP contribution in [0.5, 0.6) is 0 Å². The molecule has 0 radical (unpaired) electrons. The molecule has 5 nitrogen and oxygen atoms in total. The van der Waals surface area contributed by atoms with E-state index < -0.39 is 11.9 Å². The number of alkyl halides is 3. The molecule has 1 unspecified atom stereocenters. The molecule has 1 aromatic rings. The summed E-state index contributed by atoms with van der Waals surface area (Å²) in [6, 6.07) is 2.03. The molecule has 1 aliphatic rings. The van der Waals surface area contributed by atoms with Gasteiger partial charge in [0, 0.05) is 20.2 Å². The van der Waals surface area contributed by atoms with Crippen molar-refractivity contribution in [1.29, 1.82) is 5.41 Å². The number of hydrogen-bond donors (Lipinski definition) is 2. The summed E-state index contributed by atoms with van der Waals surface area (Å²) in [4.78, 5) is 5.31. The van der Waals surface area contributed by atoms with Crippen LogP contribution in [-0.4, -0.2) is 37.1 Å². The molecule has 0 bridgehead atoms. The molecule has 2 heterocycles. The number of nitrogens with two attached hydrogens (primary N) is 1. The van der Waals surface area contributed by atoms with Gasteiger partial charge in [0.25, 0.3) is 0 Å². The average Bonchev–Trinajstić information content (AvgIpc) is 2.85. The van der Waals surface area contributed by atoms with Gasteiger partial charge in [-0.3, -0.25) is 5.41 Å². The summed E-state index contributed by atoms with van der Waals surface area (Å²) < 4.78 is 43.4. The van der Waals surface area contributed by atoms with Gasteiger partial charge in [-0.1, -0.05) is 0 Å². The quantitative estimate of drug-likeness (QED) is 0.654. The Hall–Kier alpha value is -1.83. The molecule has 0 spiro atoms. The molecular weight excluding hydrogens is 273 g/mol. The molecule has 1 saturated heterocycles. The molecule has 1 aliphatic heterocycles. The van der Waals surface area contributed by atoms with Crippen LogP contribution in [0.4, 0.5) is 19.0 Å². The topological polar surface area (TPSA) is 75.2 Å². The van der Waals surface area contributed by atoms with Crippen molar-refractivity contribution in [2.45, 2.75) is 18.7 Å². The highest BCUT2D eigenvalue weighted by Gasteiger charge is 2.34. The van der Waals surface area contributed by atoms with Crippen LogP contribution >= 0.6 is 0 Å². The predicted octanol–water partition coefficient (Wildman–Crippen LogP) is 1.61. The summed E-state index contributed by atoms with van der Waals surface area (Å²) in [6.45, 7) is 0.957. The van der Waals surface area contributed by atoms with Gasteiger partial charge in [-0.05, 0) is 18.6 Å². The molecule has 1 fully saturated rings. The molecule has 1 aromatic heterocycles. The lowest BCUT2D eigenvalue weighted by Gasteiger charge is -2.21. The van der Waals surface area contributed by atoms with Crippen LogP contribution in [0, 0.1) is 5.41 Å². The second-order valence-electron chi connectivity index (χ2n) is 4.57. The second kappa shape index (κ2) is 5.28. The van der Waals surface area contributed by atoms with Crippen LogP contribution in [0.15, 0.2) is 12.1 Å². The van der Waals surface area contributed by atoms with E-state index in [1.807, 2.05) is 0 Å². The standard InChI is InChI=1S/C12H15F3N4O/c1-20-7-4-5-19(6-7)11-8(10(16)17)2-3-9(18-11)12(13,14)15/h2-3,7H,4-6H2,1H3,(H3,16,17). The zero-order chi connectivity index (χ0) is 14.9. The normalized spacial score (nSPS) is 19.4. The second-order valence-corrected chi connectivity index (χ2v) is 4.57. The van der Waals surface area contributed by atoms with E-state index in [0.29, 0.717) is 19.5 Å². The van der Waals surface area contributed by atoms with Gasteiger partial charge in [0.2, 0.25) is 0 Å². The fraction of sp³-hybridized carbons (Fsp3) is 0.500. The number of anilines is 1. The van der Waals surface area contributed by atoms with E-state index in [2.05, 4.69) is 4.98 Å². The van der Waals surface area contributed by atoms with E-state index >= 15 is 0 Å². The maximum Gasteiger partial charge on any atom is 0.433 e. The lowest BCUT2D eigenvalue weighted by atomic mass is 10.2. The van der Waals surface area contributed by atoms with Gasteiger partial charge in [0.05, 0.1) is 11.7 Å². The molecule has 2 rings (SSSR count). The van der Waals surface area contributed by atoms with Crippen molar-refractivity contribution in [3.05, 3.63) is 23.4 Å². The molecule has 0 aromatic carbocycles. The summed E-state index contributed by atoms with van der Waals surface area (Å²) in [7, 11) is 1.56. The molecule has 0 aliphatic carbocycles. The van der Waals surface area contributed by atoms with Gasteiger partial charge in [-0.25, -0.2) is 4.98 Å². The van der Waals surface area contributed by atoms with Gasteiger partial charge in [-0.2, -0.15) is 13.2 Å². The molecule has 0 saturated carbocycles. The minimum absolute atomic E-state index is 0.0499. The Bertz CT molecular complexity index is 518. The number of aromatic nitrogens is 1. The molecule has 110 valence electrons. The third-order valence-electron chi connectivity index (χ3n) is 3.23. The molecular formula is C12H15F3N4O. The molecule has 20 heavy (non-hydrogen) atoms. The number of hydrogen-bond acceptors (Lipinski definition) is 4. The fourth-order valence-corrected chi connectivity index (χ4v) is 2.17. The van der Waals surface area contributed by atoms with Gasteiger partial charge in [0.15, 0.2) is 0 Å². The summed E-state index contributed by atoms with van der Waals surface area (Å²) >= 11 is 0. The van der Waals surface area contributed by atoms with E-state index in [0.717, 1.165) is 6.07 Å². The van der Waals surface area contributed by atoms with Crippen molar-refractivity contribution >= 4 is 11.7 Å². The first kappa shape index (κ1) is 14.6. The minimum Gasteiger partial charge on any atom is -0.384 e. The minimum atomic E-state index is -4.52. The highest BCUT2D eigenvalue weighted by Crippen LogP contribution is 2.31. The van der Waals surface area contributed by atoms with E-state index in [4.69, 9.17) is 15.9 Å². The molecule has 0 amide bonds. The lowest BCUT2D eigenvalue weighted by Crippen LogP contribution is -2.28. The Kier molecular flexibility index (Phi) is 3.85. The van der Waals surface area contributed by atoms with Gasteiger partial charge < -0.3 is 15.4 Å². The highest BCUT2D eigenvalue weighted by atomic mass is 19.4. The van der Waals surface area contributed by atoms with Crippen LogP contribution < -0.4 is 10.6 Å². The first-order chi connectivity index (χ1) is 9.32. The number of pyridine rings is 1. The molecule has 8 heteroatoms. The Morgan fingerprint density at radius 1 is 1.50 bits per heavy atom. The number of nitrogens with zero attached hydrogens (tertiary/aromatic N) is 2. The Morgan fingerprint density at radius 2 is 2.20 bits per heavy atom. The Balaban J connectivity index is 2.40. The summed E-state index contributed by atoms with van der Waals surface area (Å²) in [5.74, 6) is -0.214. The van der Waals surface area contributed by atoms with Crippen molar-refractivity contribution < 1.29 is 17.9 Å². The van der Waals surface area contributed by atoms with Crippen molar-refractivity contribution in [2.75, 3.05) is 25.1 Å². The zero-order valence-corrected chi connectivity index (χ0v) is 10.9. The lowest BCUT2D eigenvalue weighted by molar-refractivity contribution is -0.141. The average molecular weight is 288 g/mol. The number of halogens is 3. The maximum absolute atomic E-state index is 12.7. The third kappa shape index (κ3) is 2.84. The number of ether oxygens (including phenoxy) is 1. The molecule has 3 N–H and O–H groups in total. The number of methoxy groups -OCH3 is 1. The summed E-state index contributed by atoms with van der Waals surface area (Å²) in [5, 5.41) is 7.46. The maximum atomic E-state index is 12.7. The monoisotopic (exact) mass is 288 g/mol.